The van der Waals surface area contributed by atoms with Crippen molar-refractivity contribution in [2.24, 2.45) is 0 Å². The van der Waals surface area contributed by atoms with E-state index in [1.54, 1.807) is 37.7 Å². The van der Waals surface area contributed by atoms with Gasteiger partial charge < -0.3 is 9.47 Å². The van der Waals surface area contributed by atoms with Crippen molar-refractivity contribution in [3.63, 3.8) is 0 Å². The third-order valence-corrected chi connectivity index (χ3v) is 3.29. The summed E-state index contributed by atoms with van der Waals surface area (Å²) in [5, 5.41) is 0. The van der Waals surface area contributed by atoms with Crippen molar-refractivity contribution in [2.75, 3.05) is 7.11 Å². The monoisotopic (exact) mass is 285 g/mol. The minimum Gasteiger partial charge on any atom is -0.493 e. The summed E-state index contributed by atoms with van der Waals surface area (Å²) in [5.74, 6) is 1.13. The predicted molar refractivity (Wildman–Crippen MR) is 80.9 cm³/mol. The average Bonchev–Trinajstić information content (AvgIpc) is 2.48. The Morgan fingerprint density at radius 1 is 1.19 bits per heavy atom. The third-order valence-electron chi connectivity index (χ3n) is 3.29. The minimum absolute atomic E-state index is 0.00799. The van der Waals surface area contributed by atoms with E-state index in [0.29, 0.717) is 17.1 Å². The van der Waals surface area contributed by atoms with Gasteiger partial charge in [-0.25, -0.2) is 0 Å². The smallest absolute Gasteiger partial charge is 0.162 e. The Morgan fingerprint density at radius 2 is 1.95 bits per heavy atom. The van der Waals surface area contributed by atoms with Gasteiger partial charge in [-0.2, -0.15) is 0 Å². The summed E-state index contributed by atoms with van der Waals surface area (Å²) >= 11 is 0. The first kappa shape index (κ1) is 15.0. The summed E-state index contributed by atoms with van der Waals surface area (Å²) < 4.78 is 11.4. The van der Waals surface area contributed by atoms with Gasteiger partial charge in [-0.15, -0.1) is 0 Å². The number of Topliss-reactive ketones (excluding diaryl/α,β-unsaturated/α-hetero) is 1. The van der Waals surface area contributed by atoms with Gasteiger partial charge in [0.15, 0.2) is 17.3 Å². The molecule has 1 aromatic carbocycles. The van der Waals surface area contributed by atoms with E-state index in [1.807, 2.05) is 26.0 Å². The molecule has 1 heterocycles. The van der Waals surface area contributed by atoms with Crippen LogP contribution in [-0.2, 0) is 5.60 Å². The summed E-state index contributed by atoms with van der Waals surface area (Å²) in [6.45, 7) is 5.44. The lowest BCUT2D eigenvalue weighted by atomic mass is 10.00. The maximum Gasteiger partial charge on any atom is 0.162 e. The molecule has 0 aliphatic heterocycles. The lowest BCUT2D eigenvalue weighted by molar-refractivity contribution is 0.101. The van der Waals surface area contributed by atoms with Gasteiger partial charge in [0.2, 0.25) is 0 Å². The second kappa shape index (κ2) is 5.95. The zero-order valence-electron chi connectivity index (χ0n) is 12.7. The molecule has 0 radical (unpaired) electrons. The molecule has 2 aromatic rings. The number of ketones is 1. The van der Waals surface area contributed by atoms with E-state index in [0.717, 1.165) is 5.56 Å². The quantitative estimate of drug-likeness (QED) is 0.787. The fourth-order valence-electron chi connectivity index (χ4n) is 2.02. The molecular weight excluding hydrogens is 266 g/mol. The number of hydrogen-bond acceptors (Lipinski definition) is 4. The first-order valence-corrected chi connectivity index (χ1v) is 6.72. The van der Waals surface area contributed by atoms with Crippen LogP contribution in [0, 0.1) is 0 Å². The summed E-state index contributed by atoms with van der Waals surface area (Å²) in [5.41, 5.74) is 1.00. The molecule has 0 spiro atoms. The Labute approximate surface area is 124 Å². The highest BCUT2D eigenvalue weighted by Crippen LogP contribution is 2.34. The second-order valence-electron chi connectivity index (χ2n) is 5.28. The predicted octanol–water partition coefficient (Wildman–Crippen LogP) is 3.61. The van der Waals surface area contributed by atoms with Gasteiger partial charge in [-0.3, -0.25) is 9.78 Å². The highest BCUT2D eigenvalue weighted by Gasteiger charge is 2.24. The van der Waals surface area contributed by atoms with Crippen molar-refractivity contribution >= 4 is 5.78 Å². The molecule has 0 unspecified atom stereocenters. The van der Waals surface area contributed by atoms with Crippen LogP contribution in [-0.4, -0.2) is 17.9 Å². The van der Waals surface area contributed by atoms with Crippen molar-refractivity contribution in [3.05, 3.63) is 53.9 Å². The summed E-state index contributed by atoms with van der Waals surface area (Å²) in [7, 11) is 1.56. The fourth-order valence-corrected chi connectivity index (χ4v) is 2.02. The summed E-state index contributed by atoms with van der Waals surface area (Å²) in [4.78, 5) is 15.5. The molecule has 21 heavy (non-hydrogen) atoms. The van der Waals surface area contributed by atoms with Crippen LogP contribution < -0.4 is 9.47 Å². The van der Waals surface area contributed by atoms with Crippen LogP contribution in [0.5, 0.6) is 11.5 Å². The SMILES string of the molecule is COc1cc(C(C)=O)ccc1OC(C)(C)c1cccnc1. The maximum atomic E-state index is 11.4. The third kappa shape index (κ3) is 3.40. The van der Waals surface area contributed by atoms with E-state index >= 15 is 0 Å². The van der Waals surface area contributed by atoms with Crippen LogP contribution in [0.25, 0.3) is 0 Å². The number of methoxy groups -OCH3 is 1. The normalized spacial score (nSPS) is 11.0. The highest BCUT2D eigenvalue weighted by atomic mass is 16.5. The zero-order chi connectivity index (χ0) is 15.5. The minimum atomic E-state index is -0.556. The molecule has 0 amide bonds. The van der Waals surface area contributed by atoms with Crippen LogP contribution in [0.4, 0.5) is 0 Å². The largest absolute Gasteiger partial charge is 0.493 e. The molecule has 0 saturated carbocycles. The lowest BCUT2D eigenvalue weighted by Gasteiger charge is -2.27. The molecule has 2 rings (SSSR count). The van der Waals surface area contributed by atoms with E-state index in [1.165, 1.54) is 6.92 Å². The van der Waals surface area contributed by atoms with Gasteiger partial charge in [-0.05, 0) is 45.0 Å². The first-order valence-electron chi connectivity index (χ1n) is 6.72. The van der Waals surface area contributed by atoms with Crippen molar-refractivity contribution in [1.29, 1.82) is 0 Å². The van der Waals surface area contributed by atoms with Gasteiger partial charge in [0, 0.05) is 23.5 Å². The number of nitrogens with zero attached hydrogens (tertiary/aromatic N) is 1. The van der Waals surface area contributed by atoms with Crippen LogP contribution in [0.1, 0.15) is 36.7 Å². The topological polar surface area (TPSA) is 48.4 Å². The van der Waals surface area contributed by atoms with Crippen LogP contribution in [0.15, 0.2) is 42.7 Å². The second-order valence-corrected chi connectivity index (χ2v) is 5.28. The Balaban J connectivity index is 2.33. The average molecular weight is 285 g/mol. The molecule has 0 aliphatic rings. The number of aromatic nitrogens is 1. The van der Waals surface area contributed by atoms with Crippen LogP contribution in [0.2, 0.25) is 0 Å². The van der Waals surface area contributed by atoms with E-state index in [9.17, 15) is 4.79 Å². The molecule has 1 aromatic heterocycles. The Hall–Kier alpha value is -2.36. The highest BCUT2D eigenvalue weighted by molar-refractivity contribution is 5.94. The molecular formula is C17H19NO3. The number of benzene rings is 1. The standard InChI is InChI=1S/C17H19NO3/c1-12(19)13-7-8-15(16(10-13)20-4)21-17(2,3)14-6-5-9-18-11-14/h5-11H,1-4H3. The van der Waals surface area contributed by atoms with Gasteiger partial charge >= 0.3 is 0 Å². The van der Waals surface area contributed by atoms with E-state index in [-0.39, 0.29) is 5.78 Å². The van der Waals surface area contributed by atoms with E-state index < -0.39 is 5.60 Å². The molecule has 0 N–H and O–H groups in total. The molecule has 4 nitrogen and oxygen atoms in total. The van der Waals surface area contributed by atoms with Crippen LogP contribution in [0.3, 0.4) is 0 Å². The molecule has 0 atom stereocenters. The molecule has 0 fully saturated rings. The number of ether oxygens (including phenoxy) is 2. The summed E-state index contributed by atoms with van der Waals surface area (Å²) in [6, 6.07) is 9.02. The Bertz CT molecular complexity index is 636. The van der Waals surface area contributed by atoms with Crippen LogP contribution >= 0.6 is 0 Å². The molecule has 4 heteroatoms. The van der Waals surface area contributed by atoms with Crippen molar-refractivity contribution in [3.8, 4) is 11.5 Å². The fraction of sp³-hybridized carbons (Fsp3) is 0.294. The number of pyridine rings is 1. The van der Waals surface area contributed by atoms with Gasteiger partial charge in [-0.1, -0.05) is 6.07 Å². The maximum absolute atomic E-state index is 11.4. The van der Waals surface area contributed by atoms with Crippen molar-refractivity contribution < 1.29 is 14.3 Å². The molecule has 0 saturated heterocycles. The molecule has 110 valence electrons. The van der Waals surface area contributed by atoms with Crippen molar-refractivity contribution in [2.45, 2.75) is 26.4 Å². The van der Waals surface area contributed by atoms with Crippen molar-refractivity contribution in [1.82, 2.24) is 4.98 Å². The van der Waals surface area contributed by atoms with E-state index in [2.05, 4.69) is 4.98 Å². The van der Waals surface area contributed by atoms with Gasteiger partial charge in [0.1, 0.15) is 5.60 Å². The summed E-state index contributed by atoms with van der Waals surface area (Å²) in [6.07, 6.45) is 3.50. The number of hydrogen-bond donors (Lipinski definition) is 0. The number of carbonyl (C=O) groups excluding carboxylic acids is 1. The van der Waals surface area contributed by atoms with E-state index in [4.69, 9.17) is 9.47 Å². The lowest BCUT2D eigenvalue weighted by Crippen LogP contribution is -2.25. The zero-order valence-corrected chi connectivity index (χ0v) is 12.7. The Kier molecular flexibility index (Phi) is 4.26. The molecule has 0 aliphatic carbocycles. The molecule has 0 bridgehead atoms. The first-order chi connectivity index (χ1) is 9.94. The van der Waals surface area contributed by atoms with Gasteiger partial charge in [0.05, 0.1) is 7.11 Å². The number of rotatable bonds is 5. The number of carbonyl (C=O) groups is 1. The van der Waals surface area contributed by atoms with Gasteiger partial charge in [0.25, 0.3) is 0 Å². The Morgan fingerprint density at radius 3 is 2.52 bits per heavy atom.